The van der Waals surface area contributed by atoms with Gasteiger partial charge in [0.1, 0.15) is 0 Å². The van der Waals surface area contributed by atoms with E-state index in [0.29, 0.717) is 17.6 Å². The second-order valence-electron chi connectivity index (χ2n) is 20.7. The predicted molar refractivity (Wildman–Crippen MR) is 343 cm³/mol. The van der Waals surface area contributed by atoms with Crippen LogP contribution in [0.25, 0.3) is 60.7 Å². The van der Waals surface area contributed by atoms with Crippen molar-refractivity contribution in [2.45, 2.75) is 64.8 Å². The summed E-state index contributed by atoms with van der Waals surface area (Å²) in [5, 5.41) is 4.76. The second kappa shape index (κ2) is 23.6. The molecule has 2 aromatic heterocycles. The third-order valence-electron chi connectivity index (χ3n) is 15.6. The molecule has 392 valence electrons. The lowest BCUT2D eigenvalue weighted by atomic mass is 9.94. The van der Waals surface area contributed by atoms with Gasteiger partial charge < -0.3 is 18.9 Å². The first kappa shape index (κ1) is 51.2. The summed E-state index contributed by atoms with van der Waals surface area (Å²) in [6.07, 6.45) is 20.9. The second-order valence-corrected chi connectivity index (χ2v) is 20.7. The minimum atomic E-state index is 0.441. The van der Waals surface area contributed by atoms with E-state index in [1.165, 1.54) is 67.1 Å². The first-order valence-corrected chi connectivity index (χ1v) is 28.3. The highest BCUT2D eigenvalue weighted by Gasteiger charge is 2.25. The molecule has 0 spiro atoms. The van der Waals surface area contributed by atoms with Gasteiger partial charge in [-0.2, -0.15) is 0 Å². The molecule has 6 heteroatoms. The van der Waals surface area contributed by atoms with Gasteiger partial charge in [-0.1, -0.05) is 196 Å². The van der Waals surface area contributed by atoms with Crippen molar-refractivity contribution in [2.75, 3.05) is 9.80 Å². The van der Waals surface area contributed by atoms with E-state index < -0.39 is 0 Å². The van der Waals surface area contributed by atoms with Gasteiger partial charge in [-0.05, 0) is 130 Å². The van der Waals surface area contributed by atoms with Crippen LogP contribution in [0.4, 0.5) is 28.4 Å². The number of nitrogens with zero attached hydrogens (tertiary/aromatic N) is 6. The summed E-state index contributed by atoms with van der Waals surface area (Å²) in [7, 11) is 0. The van der Waals surface area contributed by atoms with E-state index in [4.69, 9.17) is 16.6 Å². The molecule has 0 saturated heterocycles. The van der Waals surface area contributed by atoms with Crippen molar-refractivity contribution in [3.8, 4) is 11.4 Å². The lowest BCUT2D eigenvalue weighted by Gasteiger charge is -2.35. The maximum atomic E-state index is 5.40. The molecule has 0 N–H and O–H groups in total. The molecule has 2 heterocycles. The first-order valence-electron chi connectivity index (χ1n) is 28.3. The van der Waals surface area contributed by atoms with Crippen molar-refractivity contribution in [1.29, 1.82) is 0 Å². The fourth-order valence-corrected chi connectivity index (χ4v) is 12.0. The van der Waals surface area contributed by atoms with Crippen LogP contribution in [0.5, 0.6) is 0 Å². The molecule has 0 radical (unpaired) electrons. The van der Waals surface area contributed by atoms with Crippen LogP contribution in [0.1, 0.15) is 69.9 Å². The maximum Gasteiger partial charge on any atom is 0.152 e. The van der Waals surface area contributed by atoms with Crippen molar-refractivity contribution >= 4 is 89.3 Å². The molecule has 1 aliphatic rings. The molecular weight excluding hydrogens is 973 g/mol. The number of aliphatic imine (C=N–C) groups is 2. The number of para-hydroxylation sites is 7. The summed E-state index contributed by atoms with van der Waals surface area (Å²) in [5.74, 6) is 0.540. The standard InChI is InChI=1S/C74H66N6/c1-4-5-6-8-22-47-74(76-55(3)63-40-24-28-44-69(63)80-71-46-30-26-42-65(71)67-53-61(49-51-73(67)80)78(58-35-18-12-19-36-58)59-37-20-13-21-38-59)75-54(2)62-39-23-27-43-68(62)79-70-45-29-25-41-64(70)66-52-60(48-50-72(66)79)77(57-33-16-11-17-34-57)56-31-14-9-7-10-15-32-56/h4-6,8,11-13,16-30,33-53,56H,3,7,9-10,14-15,31-32H2,1-2H3/b5-4-,8-6-,47-22+,75-54?,76-74?. The van der Waals surface area contributed by atoms with Crippen LogP contribution in [0.15, 0.2) is 277 Å². The minimum absolute atomic E-state index is 0.441. The van der Waals surface area contributed by atoms with Crippen LogP contribution in [0.2, 0.25) is 0 Å². The van der Waals surface area contributed by atoms with Crippen molar-refractivity contribution in [3.05, 3.63) is 279 Å². The third-order valence-corrected chi connectivity index (χ3v) is 15.6. The zero-order valence-electron chi connectivity index (χ0n) is 45.7. The summed E-state index contributed by atoms with van der Waals surface area (Å²) < 4.78 is 4.77. The van der Waals surface area contributed by atoms with E-state index in [0.717, 1.165) is 78.1 Å². The van der Waals surface area contributed by atoms with Gasteiger partial charge >= 0.3 is 0 Å². The van der Waals surface area contributed by atoms with E-state index in [-0.39, 0.29) is 0 Å². The monoisotopic (exact) mass is 1040 g/mol. The van der Waals surface area contributed by atoms with Crippen LogP contribution < -0.4 is 9.80 Å². The smallest absolute Gasteiger partial charge is 0.152 e. The number of amidine groups is 1. The molecule has 80 heavy (non-hydrogen) atoms. The largest absolute Gasteiger partial charge is 0.338 e. The highest BCUT2D eigenvalue weighted by molar-refractivity contribution is 6.15. The van der Waals surface area contributed by atoms with E-state index in [2.05, 4.69) is 250 Å². The Morgan fingerprint density at radius 1 is 0.438 bits per heavy atom. The molecule has 0 aliphatic heterocycles. The number of fused-ring (bicyclic) bond motifs is 6. The van der Waals surface area contributed by atoms with Crippen LogP contribution in [0, 0.1) is 0 Å². The number of hydrogen-bond donors (Lipinski definition) is 0. The number of benzene rings is 9. The molecule has 0 unspecified atom stereocenters. The number of anilines is 5. The lowest BCUT2D eigenvalue weighted by molar-refractivity contribution is 0.448. The Kier molecular flexibility index (Phi) is 15.1. The lowest BCUT2D eigenvalue weighted by Crippen LogP contribution is -2.31. The quantitative estimate of drug-likeness (QED) is 0.0619. The van der Waals surface area contributed by atoms with Crippen molar-refractivity contribution in [3.63, 3.8) is 0 Å². The molecule has 1 saturated carbocycles. The fraction of sp³-hybridized carbons (Fsp3) is 0.135. The van der Waals surface area contributed by atoms with Gasteiger partial charge in [0.15, 0.2) is 5.84 Å². The van der Waals surface area contributed by atoms with Gasteiger partial charge in [0.2, 0.25) is 0 Å². The Morgan fingerprint density at radius 3 is 1.50 bits per heavy atom. The molecular formula is C74H66N6. The predicted octanol–water partition coefficient (Wildman–Crippen LogP) is 20.2. The van der Waals surface area contributed by atoms with Gasteiger partial charge in [0, 0.05) is 72.9 Å². The van der Waals surface area contributed by atoms with Gasteiger partial charge in [0.25, 0.3) is 0 Å². The molecule has 0 bridgehead atoms. The summed E-state index contributed by atoms with van der Waals surface area (Å²) >= 11 is 0. The van der Waals surface area contributed by atoms with Crippen LogP contribution in [-0.2, 0) is 0 Å². The summed E-state index contributed by atoms with van der Waals surface area (Å²) in [5.41, 5.74) is 15.6. The van der Waals surface area contributed by atoms with Gasteiger partial charge in [-0.15, -0.1) is 0 Å². The fourth-order valence-electron chi connectivity index (χ4n) is 12.0. The van der Waals surface area contributed by atoms with Gasteiger partial charge in [0.05, 0.1) is 39.1 Å². The van der Waals surface area contributed by atoms with Crippen molar-refractivity contribution < 1.29 is 0 Å². The minimum Gasteiger partial charge on any atom is -0.338 e. The van der Waals surface area contributed by atoms with Crippen LogP contribution in [-0.4, -0.2) is 26.7 Å². The molecule has 6 nitrogen and oxygen atoms in total. The Balaban J connectivity index is 0.942. The zero-order chi connectivity index (χ0) is 54.2. The Morgan fingerprint density at radius 2 is 0.900 bits per heavy atom. The topological polar surface area (TPSA) is 41.1 Å². The molecule has 0 atom stereocenters. The summed E-state index contributed by atoms with van der Waals surface area (Å²) in [4.78, 5) is 15.7. The molecule has 9 aromatic carbocycles. The Hall–Kier alpha value is -9.52. The van der Waals surface area contributed by atoms with Gasteiger partial charge in [-0.3, -0.25) is 0 Å². The van der Waals surface area contributed by atoms with Crippen LogP contribution in [0.3, 0.4) is 0 Å². The summed E-state index contributed by atoms with van der Waals surface area (Å²) in [6, 6.07) is 81.1. The van der Waals surface area contributed by atoms with E-state index in [1.54, 1.807) is 0 Å². The Labute approximate surface area is 470 Å². The number of hydrogen-bond acceptors (Lipinski definition) is 3. The number of allylic oxidation sites excluding steroid dienone is 5. The van der Waals surface area contributed by atoms with Crippen molar-refractivity contribution in [2.24, 2.45) is 9.98 Å². The normalized spacial score (nSPS) is 14.0. The SMILES string of the molecule is C=C(N=C(/C=C/C=C\C=C/C)N=C(C)c1ccccc1-n1c2ccccc2c2cc(N(c3ccccc3)C3CCCCCCC3)ccc21)c1ccccc1-n1c2ccccc2c2cc(N(c3ccccc3)c3ccccc3)ccc21. The van der Waals surface area contributed by atoms with E-state index >= 15 is 0 Å². The van der Waals surface area contributed by atoms with Crippen molar-refractivity contribution in [1.82, 2.24) is 9.13 Å². The van der Waals surface area contributed by atoms with E-state index in [1.807, 2.05) is 43.4 Å². The first-order chi connectivity index (χ1) is 39.5. The molecule has 12 rings (SSSR count). The Bertz CT molecular complexity index is 4110. The third kappa shape index (κ3) is 10.4. The maximum absolute atomic E-state index is 5.40. The summed E-state index contributed by atoms with van der Waals surface area (Å²) in [6.45, 7) is 8.80. The molecule has 1 fully saturated rings. The van der Waals surface area contributed by atoms with Crippen LogP contribution >= 0.6 is 0 Å². The molecule has 1 aliphatic carbocycles. The highest BCUT2D eigenvalue weighted by atomic mass is 15.2. The van der Waals surface area contributed by atoms with E-state index in [9.17, 15) is 0 Å². The number of aromatic nitrogens is 2. The molecule has 11 aromatic rings. The average molecular weight is 1040 g/mol. The average Bonchev–Trinajstić information content (AvgIpc) is 4.09. The molecule has 0 amide bonds. The highest BCUT2D eigenvalue weighted by Crippen LogP contribution is 2.42. The zero-order valence-corrected chi connectivity index (χ0v) is 45.7. The number of rotatable bonds is 14. The van der Waals surface area contributed by atoms with Gasteiger partial charge in [-0.25, -0.2) is 9.98 Å².